The molecule has 3 rings (SSSR count). The van der Waals surface area contributed by atoms with Crippen LogP contribution in [0.5, 0.6) is 5.75 Å². The first-order chi connectivity index (χ1) is 13.1. The summed E-state index contributed by atoms with van der Waals surface area (Å²) in [7, 11) is 1.62. The number of para-hydroxylation sites is 1. The average molecular weight is 357 g/mol. The number of nitrogens with one attached hydrogen (secondary N) is 1. The van der Waals surface area contributed by atoms with Gasteiger partial charge in [0.2, 0.25) is 0 Å². The topological polar surface area (TPSA) is 67.0 Å². The second kappa shape index (κ2) is 8.07. The van der Waals surface area contributed by atoms with Gasteiger partial charge in [-0.3, -0.25) is 4.79 Å². The molecule has 2 aromatic carbocycles. The third kappa shape index (κ3) is 4.25. The molecule has 5 heteroatoms. The number of hydrogen-bond acceptors (Lipinski definition) is 3. The smallest absolute Gasteiger partial charge is 0.266 e. The van der Waals surface area contributed by atoms with Crippen molar-refractivity contribution in [2.24, 2.45) is 0 Å². The largest absolute Gasteiger partial charge is 0.497 e. The number of methoxy groups -OCH3 is 1. The van der Waals surface area contributed by atoms with Crippen LogP contribution in [0.4, 0.5) is 5.69 Å². The molecule has 5 nitrogen and oxygen atoms in total. The molecular formula is C22H19N3O2. The molecule has 0 saturated carbocycles. The van der Waals surface area contributed by atoms with Gasteiger partial charge in [0.15, 0.2) is 0 Å². The molecular weight excluding hydrogens is 338 g/mol. The molecule has 0 aliphatic heterocycles. The summed E-state index contributed by atoms with van der Waals surface area (Å²) >= 11 is 0. The molecule has 0 saturated heterocycles. The van der Waals surface area contributed by atoms with Crippen molar-refractivity contribution in [3.05, 3.63) is 83.7 Å². The van der Waals surface area contributed by atoms with Crippen molar-refractivity contribution in [3.63, 3.8) is 0 Å². The summed E-state index contributed by atoms with van der Waals surface area (Å²) in [6, 6.07) is 18.9. The van der Waals surface area contributed by atoms with Crippen LogP contribution in [0.2, 0.25) is 0 Å². The fraction of sp³-hybridized carbons (Fsp3) is 0.0909. The molecule has 134 valence electrons. The highest BCUT2D eigenvalue weighted by Gasteiger charge is 2.11. The number of anilines is 1. The summed E-state index contributed by atoms with van der Waals surface area (Å²) < 4.78 is 7.08. The Labute approximate surface area is 158 Å². The van der Waals surface area contributed by atoms with Crippen molar-refractivity contribution < 1.29 is 9.53 Å². The van der Waals surface area contributed by atoms with Gasteiger partial charge in [0.1, 0.15) is 17.4 Å². The Balaban J connectivity index is 1.79. The fourth-order valence-electron chi connectivity index (χ4n) is 2.63. The summed E-state index contributed by atoms with van der Waals surface area (Å²) in [6.45, 7) is 1.90. The Morgan fingerprint density at radius 3 is 2.56 bits per heavy atom. The normalized spacial score (nSPS) is 10.9. The number of rotatable bonds is 5. The van der Waals surface area contributed by atoms with E-state index in [-0.39, 0.29) is 5.57 Å². The Morgan fingerprint density at radius 2 is 1.89 bits per heavy atom. The first kappa shape index (κ1) is 18.0. The van der Waals surface area contributed by atoms with Crippen LogP contribution in [0.3, 0.4) is 0 Å². The van der Waals surface area contributed by atoms with Crippen LogP contribution < -0.4 is 10.1 Å². The van der Waals surface area contributed by atoms with E-state index in [0.29, 0.717) is 5.69 Å². The first-order valence-corrected chi connectivity index (χ1v) is 8.42. The average Bonchev–Trinajstić information content (AvgIpc) is 3.16. The van der Waals surface area contributed by atoms with Crippen molar-refractivity contribution >= 4 is 17.7 Å². The molecule has 0 unspecified atom stereocenters. The van der Waals surface area contributed by atoms with E-state index in [1.54, 1.807) is 13.2 Å². The van der Waals surface area contributed by atoms with Crippen LogP contribution in [0.25, 0.3) is 11.8 Å². The zero-order valence-electron chi connectivity index (χ0n) is 15.1. The third-order valence-electron chi connectivity index (χ3n) is 4.16. The second-order valence-corrected chi connectivity index (χ2v) is 5.99. The summed E-state index contributed by atoms with van der Waals surface area (Å²) in [4.78, 5) is 12.4. The van der Waals surface area contributed by atoms with Gasteiger partial charge in [-0.1, -0.05) is 18.2 Å². The van der Waals surface area contributed by atoms with Gasteiger partial charge in [0, 0.05) is 23.8 Å². The minimum atomic E-state index is -0.427. The molecule has 0 atom stereocenters. The lowest BCUT2D eigenvalue weighted by Crippen LogP contribution is -2.14. The summed E-state index contributed by atoms with van der Waals surface area (Å²) in [5.41, 5.74) is 3.40. The van der Waals surface area contributed by atoms with Crippen LogP contribution >= 0.6 is 0 Å². The highest BCUT2D eigenvalue weighted by molar-refractivity contribution is 6.09. The van der Waals surface area contributed by atoms with Gasteiger partial charge in [-0.2, -0.15) is 5.26 Å². The zero-order valence-corrected chi connectivity index (χ0v) is 15.1. The summed E-state index contributed by atoms with van der Waals surface area (Å²) in [5.74, 6) is 0.356. The van der Waals surface area contributed by atoms with Crippen molar-refractivity contribution in [2.75, 3.05) is 12.4 Å². The van der Waals surface area contributed by atoms with Gasteiger partial charge < -0.3 is 14.6 Å². The van der Waals surface area contributed by atoms with E-state index in [2.05, 4.69) is 5.32 Å². The highest BCUT2D eigenvalue weighted by Crippen LogP contribution is 2.18. The Morgan fingerprint density at radius 1 is 1.15 bits per heavy atom. The van der Waals surface area contributed by atoms with E-state index >= 15 is 0 Å². The van der Waals surface area contributed by atoms with Crippen LogP contribution in [0.15, 0.2) is 72.6 Å². The molecule has 0 fully saturated rings. The maximum Gasteiger partial charge on any atom is 0.266 e. The zero-order chi connectivity index (χ0) is 19.2. The lowest BCUT2D eigenvalue weighted by atomic mass is 10.1. The molecule has 0 radical (unpaired) electrons. The third-order valence-corrected chi connectivity index (χ3v) is 4.16. The maximum absolute atomic E-state index is 12.4. The number of carbonyl (C=O) groups is 1. The molecule has 1 N–H and O–H groups in total. The predicted octanol–water partition coefficient (Wildman–Crippen LogP) is 4.34. The summed E-state index contributed by atoms with van der Waals surface area (Å²) in [5, 5.41) is 12.2. The lowest BCUT2D eigenvalue weighted by Gasteiger charge is -2.07. The van der Waals surface area contributed by atoms with Gasteiger partial charge in [0.25, 0.3) is 5.91 Å². The van der Waals surface area contributed by atoms with E-state index in [1.807, 2.05) is 84.6 Å². The standard InChI is InChI=1S/C22H19N3O2/c1-16-5-3-4-6-21(16)24-22(26)18(14-23)13-17-11-12-25(15-17)19-7-9-20(27-2)10-8-19/h3-13,15H,1-2H3,(H,24,26)/b18-13+. The van der Waals surface area contributed by atoms with Crippen molar-refractivity contribution in [1.29, 1.82) is 5.26 Å². The first-order valence-electron chi connectivity index (χ1n) is 8.42. The van der Waals surface area contributed by atoms with Crippen LogP contribution in [-0.4, -0.2) is 17.6 Å². The van der Waals surface area contributed by atoms with E-state index in [1.165, 1.54) is 0 Å². The monoisotopic (exact) mass is 357 g/mol. The Bertz CT molecular complexity index is 1020. The number of benzene rings is 2. The predicted molar refractivity (Wildman–Crippen MR) is 106 cm³/mol. The fourth-order valence-corrected chi connectivity index (χ4v) is 2.63. The molecule has 1 amide bonds. The number of amides is 1. The van der Waals surface area contributed by atoms with Crippen molar-refractivity contribution in [1.82, 2.24) is 4.57 Å². The Kier molecular flexibility index (Phi) is 5.38. The van der Waals surface area contributed by atoms with Gasteiger partial charge in [-0.15, -0.1) is 0 Å². The van der Waals surface area contributed by atoms with E-state index < -0.39 is 5.91 Å². The van der Waals surface area contributed by atoms with Crippen molar-refractivity contribution in [2.45, 2.75) is 6.92 Å². The number of carbonyl (C=O) groups excluding carboxylic acids is 1. The molecule has 27 heavy (non-hydrogen) atoms. The molecule has 1 heterocycles. The van der Waals surface area contributed by atoms with Gasteiger partial charge in [-0.05, 0) is 60.5 Å². The number of nitriles is 1. The quantitative estimate of drug-likeness (QED) is 0.545. The van der Waals surface area contributed by atoms with Gasteiger partial charge in [0.05, 0.1) is 7.11 Å². The minimum Gasteiger partial charge on any atom is -0.497 e. The van der Waals surface area contributed by atoms with Crippen LogP contribution in [-0.2, 0) is 4.79 Å². The highest BCUT2D eigenvalue weighted by atomic mass is 16.5. The number of ether oxygens (including phenoxy) is 1. The van der Waals surface area contributed by atoms with E-state index in [4.69, 9.17) is 4.74 Å². The number of nitrogens with zero attached hydrogens (tertiary/aromatic N) is 2. The summed E-state index contributed by atoms with van der Waals surface area (Å²) in [6.07, 6.45) is 5.32. The number of aryl methyl sites for hydroxylation is 1. The van der Waals surface area contributed by atoms with Crippen LogP contribution in [0, 0.1) is 18.3 Å². The molecule has 3 aromatic rings. The minimum absolute atomic E-state index is 0.0470. The number of aromatic nitrogens is 1. The number of hydrogen-bond donors (Lipinski definition) is 1. The van der Waals surface area contributed by atoms with E-state index in [9.17, 15) is 10.1 Å². The maximum atomic E-state index is 12.4. The molecule has 1 aromatic heterocycles. The van der Waals surface area contributed by atoms with Crippen molar-refractivity contribution in [3.8, 4) is 17.5 Å². The lowest BCUT2D eigenvalue weighted by molar-refractivity contribution is -0.112. The SMILES string of the molecule is COc1ccc(-n2ccc(/C=C(\C#N)C(=O)Nc3ccccc3C)c2)cc1. The molecule has 0 aliphatic carbocycles. The van der Waals surface area contributed by atoms with E-state index in [0.717, 1.165) is 22.6 Å². The molecule has 0 spiro atoms. The molecule has 0 aliphatic rings. The van der Waals surface area contributed by atoms with Gasteiger partial charge >= 0.3 is 0 Å². The van der Waals surface area contributed by atoms with Crippen LogP contribution in [0.1, 0.15) is 11.1 Å². The van der Waals surface area contributed by atoms with Gasteiger partial charge in [-0.25, -0.2) is 0 Å². The second-order valence-electron chi connectivity index (χ2n) is 5.99. The Hall–Kier alpha value is -3.78. The molecule has 0 bridgehead atoms.